The Morgan fingerprint density at radius 3 is 2.52 bits per heavy atom. The van der Waals surface area contributed by atoms with E-state index in [0.29, 0.717) is 19.6 Å². The summed E-state index contributed by atoms with van der Waals surface area (Å²) in [6.07, 6.45) is 3.22. The van der Waals surface area contributed by atoms with E-state index in [1.54, 1.807) is 0 Å². The molecule has 1 amide bonds. The van der Waals surface area contributed by atoms with Crippen LogP contribution in [0.4, 0.5) is 0 Å². The molecule has 3 rings (SSSR count). The normalized spacial score (nSPS) is 11.6. The molecule has 0 aliphatic heterocycles. The molecule has 0 unspecified atom stereocenters. The predicted octanol–water partition coefficient (Wildman–Crippen LogP) is 5.26. The molecule has 0 bridgehead atoms. The van der Waals surface area contributed by atoms with Gasteiger partial charge in [0.15, 0.2) is 0 Å². The Labute approximate surface area is 185 Å². The minimum Gasteiger partial charge on any atom is -0.494 e. The molecule has 1 aromatic heterocycles. The van der Waals surface area contributed by atoms with Gasteiger partial charge in [0, 0.05) is 25.9 Å². The smallest absolute Gasteiger partial charge is 0.219 e. The number of amides is 1. The van der Waals surface area contributed by atoms with Gasteiger partial charge in [-0.25, -0.2) is 4.98 Å². The van der Waals surface area contributed by atoms with Crippen molar-refractivity contribution in [2.75, 3.05) is 13.2 Å². The van der Waals surface area contributed by atoms with Gasteiger partial charge in [0.25, 0.3) is 0 Å². The van der Waals surface area contributed by atoms with Gasteiger partial charge in [-0.15, -0.1) is 0 Å². The summed E-state index contributed by atoms with van der Waals surface area (Å²) in [5.41, 5.74) is 3.63. The number of nitrogens with zero attached hydrogens (tertiary/aromatic N) is 2. The highest BCUT2D eigenvalue weighted by Gasteiger charge is 2.13. The third-order valence-corrected chi connectivity index (χ3v) is 5.49. The minimum absolute atomic E-state index is 0.0790. The number of rotatable bonds is 10. The number of benzene rings is 2. The highest BCUT2D eigenvalue weighted by molar-refractivity contribution is 5.76. The van der Waals surface area contributed by atoms with Crippen LogP contribution in [0.25, 0.3) is 11.0 Å². The van der Waals surface area contributed by atoms with Crippen LogP contribution in [-0.4, -0.2) is 28.6 Å². The van der Waals surface area contributed by atoms with Crippen molar-refractivity contribution in [2.24, 2.45) is 0 Å². The fourth-order valence-electron chi connectivity index (χ4n) is 3.62. The topological polar surface area (TPSA) is 56.2 Å². The summed E-state index contributed by atoms with van der Waals surface area (Å²) in [7, 11) is 0. The van der Waals surface area contributed by atoms with Crippen LogP contribution in [0.15, 0.2) is 48.5 Å². The van der Waals surface area contributed by atoms with Gasteiger partial charge in [-0.1, -0.05) is 52.0 Å². The molecule has 0 saturated carbocycles. The molecular weight excluding hydrogens is 386 g/mol. The van der Waals surface area contributed by atoms with Crippen molar-refractivity contribution in [1.29, 1.82) is 0 Å². The number of imidazole rings is 1. The molecule has 0 saturated heterocycles. The van der Waals surface area contributed by atoms with Crippen LogP contribution in [0.3, 0.4) is 0 Å². The van der Waals surface area contributed by atoms with E-state index in [4.69, 9.17) is 9.72 Å². The summed E-state index contributed by atoms with van der Waals surface area (Å²) < 4.78 is 8.23. The van der Waals surface area contributed by atoms with E-state index in [-0.39, 0.29) is 11.3 Å². The molecule has 1 heterocycles. The first-order valence-electron chi connectivity index (χ1n) is 11.3. The molecule has 0 aliphatic rings. The summed E-state index contributed by atoms with van der Waals surface area (Å²) >= 11 is 0. The summed E-state index contributed by atoms with van der Waals surface area (Å²) in [6.45, 7) is 10.7. The molecule has 0 fully saturated rings. The van der Waals surface area contributed by atoms with Crippen molar-refractivity contribution in [3.8, 4) is 5.75 Å². The quantitative estimate of drug-likeness (QED) is 0.454. The van der Waals surface area contributed by atoms with Gasteiger partial charge in [-0.3, -0.25) is 4.79 Å². The van der Waals surface area contributed by atoms with Crippen molar-refractivity contribution in [3.05, 3.63) is 59.9 Å². The predicted molar refractivity (Wildman–Crippen MR) is 127 cm³/mol. The van der Waals surface area contributed by atoms with E-state index in [1.807, 2.05) is 25.1 Å². The standard InChI is InChI=1S/C26H35N3O2/c1-5-25(30)27-17-16-24-28-22-10-6-7-11-23(22)29(24)18-8-9-19-31-21-14-12-20(13-15-21)26(2,3)4/h6-7,10-15H,5,8-9,16-19H2,1-4H3,(H,27,30). The van der Waals surface area contributed by atoms with Gasteiger partial charge < -0.3 is 14.6 Å². The molecule has 31 heavy (non-hydrogen) atoms. The lowest BCUT2D eigenvalue weighted by Crippen LogP contribution is -2.25. The van der Waals surface area contributed by atoms with Crippen molar-refractivity contribution in [1.82, 2.24) is 14.9 Å². The Kier molecular flexibility index (Phi) is 7.72. The highest BCUT2D eigenvalue weighted by Crippen LogP contribution is 2.24. The number of hydrogen-bond acceptors (Lipinski definition) is 3. The van der Waals surface area contributed by atoms with Gasteiger partial charge in [0.2, 0.25) is 5.91 Å². The molecule has 5 nitrogen and oxygen atoms in total. The van der Waals surface area contributed by atoms with Crippen LogP contribution in [0.5, 0.6) is 5.75 Å². The number of hydrogen-bond donors (Lipinski definition) is 1. The lowest BCUT2D eigenvalue weighted by Gasteiger charge is -2.19. The second-order valence-electron chi connectivity index (χ2n) is 8.95. The Morgan fingerprint density at radius 2 is 1.81 bits per heavy atom. The van der Waals surface area contributed by atoms with Crippen LogP contribution in [0, 0.1) is 0 Å². The number of ether oxygens (including phenoxy) is 1. The second-order valence-corrected chi connectivity index (χ2v) is 8.95. The van der Waals surface area contributed by atoms with Crippen molar-refractivity contribution in [3.63, 3.8) is 0 Å². The molecular formula is C26H35N3O2. The molecule has 3 aromatic rings. The zero-order valence-electron chi connectivity index (χ0n) is 19.3. The van der Waals surface area contributed by atoms with Crippen LogP contribution in [-0.2, 0) is 23.2 Å². The van der Waals surface area contributed by atoms with E-state index < -0.39 is 0 Å². The fraction of sp³-hybridized carbons (Fsp3) is 0.462. The average Bonchev–Trinajstić information content (AvgIpc) is 3.10. The van der Waals surface area contributed by atoms with Crippen molar-refractivity contribution >= 4 is 16.9 Å². The maximum Gasteiger partial charge on any atom is 0.219 e. The first-order valence-corrected chi connectivity index (χ1v) is 11.3. The molecule has 166 valence electrons. The number of fused-ring (bicyclic) bond motifs is 1. The third-order valence-electron chi connectivity index (χ3n) is 5.49. The Balaban J connectivity index is 1.53. The number of aromatic nitrogens is 2. The van der Waals surface area contributed by atoms with E-state index in [1.165, 1.54) is 5.56 Å². The largest absolute Gasteiger partial charge is 0.494 e. The minimum atomic E-state index is 0.0790. The maximum atomic E-state index is 11.5. The molecule has 5 heteroatoms. The van der Waals surface area contributed by atoms with Crippen LogP contribution in [0.2, 0.25) is 0 Å². The Morgan fingerprint density at radius 1 is 1.06 bits per heavy atom. The van der Waals surface area contributed by atoms with Crippen LogP contribution in [0.1, 0.15) is 58.3 Å². The van der Waals surface area contributed by atoms with Gasteiger partial charge in [0.1, 0.15) is 11.6 Å². The van der Waals surface area contributed by atoms with E-state index in [9.17, 15) is 4.79 Å². The van der Waals surface area contributed by atoms with Gasteiger partial charge >= 0.3 is 0 Å². The summed E-state index contributed by atoms with van der Waals surface area (Å²) in [5, 5.41) is 2.95. The van der Waals surface area contributed by atoms with Crippen molar-refractivity contribution < 1.29 is 9.53 Å². The van der Waals surface area contributed by atoms with Crippen LogP contribution < -0.4 is 10.1 Å². The molecule has 0 radical (unpaired) electrons. The first-order chi connectivity index (χ1) is 14.9. The number of nitrogens with one attached hydrogen (secondary N) is 1. The van der Waals surface area contributed by atoms with E-state index in [2.05, 4.69) is 61.0 Å². The van der Waals surface area contributed by atoms with Gasteiger partial charge in [0.05, 0.1) is 17.6 Å². The highest BCUT2D eigenvalue weighted by atomic mass is 16.5. The van der Waals surface area contributed by atoms with Crippen molar-refractivity contribution in [2.45, 2.75) is 65.3 Å². The first kappa shape index (κ1) is 22.9. The van der Waals surface area contributed by atoms with Gasteiger partial charge in [-0.2, -0.15) is 0 Å². The third kappa shape index (κ3) is 6.33. The second kappa shape index (κ2) is 10.5. The number of carbonyl (C=O) groups excluding carboxylic acids is 1. The average molecular weight is 422 g/mol. The molecule has 0 aliphatic carbocycles. The number of unbranched alkanes of at least 4 members (excludes halogenated alkanes) is 1. The Bertz CT molecular complexity index is 984. The number of para-hydroxylation sites is 2. The fourth-order valence-corrected chi connectivity index (χ4v) is 3.62. The molecule has 0 atom stereocenters. The van der Waals surface area contributed by atoms with Crippen LogP contribution >= 0.6 is 0 Å². The molecule has 0 spiro atoms. The summed E-state index contributed by atoms with van der Waals surface area (Å²) in [5.74, 6) is 2.03. The molecule has 2 aromatic carbocycles. The maximum absolute atomic E-state index is 11.5. The molecule has 1 N–H and O–H groups in total. The number of carbonyl (C=O) groups is 1. The summed E-state index contributed by atoms with van der Waals surface area (Å²) in [6, 6.07) is 16.6. The summed E-state index contributed by atoms with van der Waals surface area (Å²) in [4.78, 5) is 16.3. The van der Waals surface area contributed by atoms with E-state index >= 15 is 0 Å². The lowest BCUT2D eigenvalue weighted by atomic mass is 9.87. The SMILES string of the molecule is CCC(=O)NCCc1nc2ccccc2n1CCCCOc1ccc(C(C)(C)C)cc1. The lowest BCUT2D eigenvalue weighted by molar-refractivity contribution is -0.120. The number of aryl methyl sites for hydroxylation is 1. The monoisotopic (exact) mass is 421 g/mol. The van der Waals surface area contributed by atoms with Gasteiger partial charge in [-0.05, 0) is 48.1 Å². The zero-order valence-corrected chi connectivity index (χ0v) is 19.3. The Hall–Kier alpha value is -2.82. The van der Waals surface area contributed by atoms with E-state index in [0.717, 1.165) is 48.4 Å². The zero-order chi connectivity index (χ0) is 22.3.